The molecule has 0 aliphatic heterocycles. The van der Waals surface area contributed by atoms with Crippen LogP contribution in [-0.4, -0.2) is 20.6 Å². The van der Waals surface area contributed by atoms with E-state index in [1.807, 2.05) is 25.3 Å². The monoisotopic (exact) mass is 364 g/mol. The molecular formula is C17H20N2O3S2. The van der Waals surface area contributed by atoms with E-state index < -0.39 is 10.0 Å². The second-order valence-electron chi connectivity index (χ2n) is 5.16. The summed E-state index contributed by atoms with van der Waals surface area (Å²) in [4.78, 5) is 12.2. The Morgan fingerprint density at radius 2 is 1.83 bits per heavy atom. The molecule has 2 N–H and O–H groups in total. The summed E-state index contributed by atoms with van der Waals surface area (Å²) in [5, 5.41) is 2.67. The zero-order chi connectivity index (χ0) is 17.7. The Morgan fingerprint density at radius 3 is 2.46 bits per heavy atom. The summed E-state index contributed by atoms with van der Waals surface area (Å²) >= 11 is 1.44. The number of thioether (sulfide) groups is 1. The number of nitrogens with one attached hydrogen (secondary N) is 2. The van der Waals surface area contributed by atoms with Crippen molar-refractivity contribution in [2.75, 3.05) is 16.3 Å². The predicted molar refractivity (Wildman–Crippen MR) is 99.2 cm³/mol. The number of benzene rings is 2. The molecule has 0 fully saturated rings. The van der Waals surface area contributed by atoms with E-state index in [9.17, 15) is 13.2 Å². The van der Waals surface area contributed by atoms with Gasteiger partial charge >= 0.3 is 0 Å². The van der Waals surface area contributed by atoms with Gasteiger partial charge in [-0.05, 0) is 42.5 Å². The molecule has 128 valence electrons. The number of anilines is 2. The maximum Gasteiger partial charge on any atom is 0.261 e. The van der Waals surface area contributed by atoms with E-state index >= 15 is 0 Å². The van der Waals surface area contributed by atoms with Crippen molar-refractivity contribution in [1.82, 2.24) is 0 Å². The first kappa shape index (κ1) is 18.4. The van der Waals surface area contributed by atoms with E-state index in [1.54, 1.807) is 18.2 Å². The summed E-state index contributed by atoms with van der Waals surface area (Å²) in [6.45, 7) is 3.36. The van der Waals surface area contributed by atoms with Crippen LogP contribution in [0.2, 0.25) is 0 Å². The summed E-state index contributed by atoms with van der Waals surface area (Å²) in [7, 11) is -3.74. The van der Waals surface area contributed by atoms with Crippen molar-refractivity contribution in [2.24, 2.45) is 0 Å². The highest BCUT2D eigenvalue weighted by Gasteiger charge is 2.18. The molecule has 0 unspecified atom stereocenters. The molecule has 0 saturated heterocycles. The van der Waals surface area contributed by atoms with Crippen LogP contribution < -0.4 is 10.0 Å². The van der Waals surface area contributed by atoms with Crippen molar-refractivity contribution in [1.29, 1.82) is 0 Å². The summed E-state index contributed by atoms with van der Waals surface area (Å²) in [6, 6.07) is 12.0. The van der Waals surface area contributed by atoms with Crippen molar-refractivity contribution >= 4 is 39.1 Å². The molecule has 0 aliphatic rings. The van der Waals surface area contributed by atoms with Gasteiger partial charge in [0.15, 0.2) is 0 Å². The van der Waals surface area contributed by atoms with Gasteiger partial charge in [-0.3, -0.25) is 9.52 Å². The molecule has 7 heteroatoms. The minimum atomic E-state index is -3.74. The molecular weight excluding hydrogens is 344 g/mol. The molecule has 1 amide bonds. The lowest BCUT2D eigenvalue weighted by Crippen LogP contribution is -2.15. The Bertz CT molecular complexity index is 849. The third-order valence-corrected chi connectivity index (χ3v) is 5.59. The number of hydrogen-bond acceptors (Lipinski definition) is 4. The molecule has 0 spiro atoms. The Labute approximate surface area is 146 Å². The fourth-order valence-corrected chi connectivity index (χ4v) is 3.93. The van der Waals surface area contributed by atoms with Crippen LogP contribution in [0.15, 0.2) is 52.3 Å². The number of para-hydroxylation sites is 1. The lowest BCUT2D eigenvalue weighted by atomic mass is 10.1. The van der Waals surface area contributed by atoms with E-state index in [0.717, 1.165) is 16.9 Å². The molecule has 5 nitrogen and oxygen atoms in total. The van der Waals surface area contributed by atoms with Gasteiger partial charge in [0.2, 0.25) is 5.91 Å². The van der Waals surface area contributed by atoms with Crippen molar-refractivity contribution in [3.63, 3.8) is 0 Å². The topological polar surface area (TPSA) is 75.3 Å². The lowest BCUT2D eigenvalue weighted by molar-refractivity contribution is -0.114. The van der Waals surface area contributed by atoms with Gasteiger partial charge in [-0.2, -0.15) is 0 Å². The molecule has 2 aromatic carbocycles. The van der Waals surface area contributed by atoms with Gasteiger partial charge in [0.1, 0.15) is 0 Å². The van der Waals surface area contributed by atoms with E-state index in [4.69, 9.17) is 0 Å². The van der Waals surface area contributed by atoms with Crippen molar-refractivity contribution in [3.8, 4) is 0 Å². The number of sulfonamides is 1. The molecule has 2 rings (SSSR count). The van der Waals surface area contributed by atoms with Gasteiger partial charge < -0.3 is 5.32 Å². The average molecular weight is 364 g/mol. The van der Waals surface area contributed by atoms with Crippen molar-refractivity contribution < 1.29 is 13.2 Å². The van der Waals surface area contributed by atoms with E-state index in [1.165, 1.54) is 30.8 Å². The van der Waals surface area contributed by atoms with Gasteiger partial charge in [-0.15, -0.1) is 11.8 Å². The first-order valence-electron chi connectivity index (χ1n) is 7.43. The zero-order valence-corrected chi connectivity index (χ0v) is 15.4. The van der Waals surface area contributed by atoms with Gasteiger partial charge in [0.05, 0.1) is 16.3 Å². The Balaban J connectivity index is 2.40. The third-order valence-electron chi connectivity index (χ3n) is 3.43. The fraction of sp³-hybridized carbons (Fsp3) is 0.235. The van der Waals surface area contributed by atoms with E-state index in [2.05, 4.69) is 10.0 Å². The Morgan fingerprint density at radius 1 is 1.12 bits per heavy atom. The molecule has 24 heavy (non-hydrogen) atoms. The summed E-state index contributed by atoms with van der Waals surface area (Å²) < 4.78 is 28.0. The van der Waals surface area contributed by atoms with Crippen LogP contribution in [-0.2, 0) is 21.2 Å². The number of aryl methyl sites for hydroxylation is 1. The minimum absolute atomic E-state index is 0.106. The second kappa shape index (κ2) is 7.72. The quantitative estimate of drug-likeness (QED) is 0.766. The molecule has 0 saturated carbocycles. The molecule has 0 atom stereocenters. The Kier molecular flexibility index (Phi) is 5.90. The van der Waals surface area contributed by atoms with Crippen LogP contribution >= 0.6 is 11.8 Å². The zero-order valence-electron chi connectivity index (χ0n) is 13.8. The smallest absolute Gasteiger partial charge is 0.261 e. The number of carbonyl (C=O) groups excluding carboxylic acids is 1. The first-order chi connectivity index (χ1) is 11.4. The maximum absolute atomic E-state index is 12.7. The van der Waals surface area contributed by atoms with Gasteiger partial charge in [0.25, 0.3) is 10.0 Å². The highest BCUT2D eigenvalue weighted by Crippen LogP contribution is 2.29. The molecule has 0 aliphatic carbocycles. The van der Waals surface area contributed by atoms with E-state index in [0.29, 0.717) is 11.4 Å². The summed E-state index contributed by atoms with van der Waals surface area (Å²) in [5.74, 6) is -0.246. The second-order valence-corrected chi connectivity index (χ2v) is 7.69. The van der Waals surface area contributed by atoms with Crippen LogP contribution in [0, 0.1) is 0 Å². The van der Waals surface area contributed by atoms with Crippen molar-refractivity contribution in [3.05, 3.63) is 48.0 Å². The molecule has 0 bridgehead atoms. The van der Waals surface area contributed by atoms with Crippen molar-refractivity contribution in [2.45, 2.75) is 30.1 Å². The third kappa shape index (κ3) is 4.30. The van der Waals surface area contributed by atoms with Gasteiger partial charge in [-0.1, -0.05) is 25.1 Å². The molecule has 0 radical (unpaired) electrons. The number of carbonyl (C=O) groups is 1. The van der Waals surface area contributed by atoms with Crippen LogP contribution in [0.1, 0.15) is 19.4 Å². The Hall–Kier alpha value is -1.99. The number of hydrogen-bond donors (Lipinski definition) is 2. The normalized spacial score (nSPS) is 11.1. The van der Waals surface area contributed by atoms with Crippen LogP contribution in [0.25, 0.3) is 0 Å². The summed E-state index contributed by atoms with van der Waals surface area (Å²) in [6.07, 6.45) is 2.59. The predicted octanol–water partition coefficient (Wildman–Crippen LogP) is 3.73. The largest absolute Gasteiger partial charge is 0.325 e. The highest BCUT2D eigenvalue weighted by molar-refractivity contribution is 7.98. The fourth-order valence-electron chi connectivity index (χ4n) is 2.27. The molecule has 2 aromatic rings. The van der Waals surface area contributed by atoms with Crippen LogP contribution in [0.3, 0.4) is 0 Å². The minimum Gasteiger partial charge on any atom is -0.325 e. The molecule has 0 heterocycles. The first-order valence-corrected chi connectivity index (χ1v) is 10.1. The maximum atomic E-state index is 12.7. The van der Waals surface area contributed by atoms with E-state index in [-0.39, 0.29) is 10.8 Å². The van der Waals surface area contributed by atoms with Crippen LogP contribution in [0.4, 0.5) is 11.4 Å². The standard InChI is InChI=1S/C17H20N2O3S2/c1-4-13-7-5-6-8-15(13)19-24(21,22)14-9-10-17(23-3)16(11-14)18-12(2)20/h5-11,19H,4H2,1-3H3,(H,18,20). The lowest BCUT2D eigenvalue weighted by Gasteiger charge is -2.14. The number of rotatable bonds is 6. The average Bonchev–Trinajstić information content (AvgIpc) is 2.54. The van der Waals surface area contributed by atoms with Crippen LogP contribution in [0.5, 0.6) is 0 Å². The highest BCUT2D eigenvalue weighted by atomic mass is 32.2. The summed E-state index contributed by atoms with van der Waals surface area (Å²) in [5.41, 5.74) is 1.97. The number of amides is 1. The SMILES string of the molecule is CCc1ccccc1NS(=O)(=O)c1ccc(SC)c(NC(C)=O)c1. The van der Waals surface area contributed by atoms with Gasteiger partial charge in [0, 0.05) is 11.8 Å². The molecule has 0 aromatic heterocycles. The van der Waals surface area contributed by atoms with Gasteiger partial charge in [-0.25, -0.2) is 8.42 Å².